The molecule has 98 valence electrons. The van der Waals surface area contributed by atoms with Gasteiger partial charge in [0.05, 0.1) is 13.2 Å². The fraction of sp³-hybridized carbons (Fsp3) is 0.364. The van der Waals surface area contributed by atoms with Gasteiger partial charge >= 0.3 is 6.09 Å². The molecule has 7 heteroatoms. The van der Waals surface area contributed by atoms with Crippen molar-refractivity contribution in [2.24, 2.45) is 0 Å². The molecule has 1 heterocycles. The van der Waals surface area contributed by atoms with Crippen molar-refractivity contribution >= 4 is 12.0 Å². The Morgan fingerprint density at radius 3 is 2.67 bits per heavy atom. The summed E-state index contributed by atoms with van der Waals surface area (Å²) in [6, 6.07) is 1.46. The number of ether oxygens (including phenoxy) is 1. The number of aliphatic hydroxyl groups excluding tert-OH is 1. The van der Waals surface area contributed by atoms with Gasteiger partial charge in [0.15, 0.2) is 11.4 Å². The zero-order valence-electron chi connectivity index (χ0n) is 10.1. The van der Waals surface area contributed by atoms with E-state index in [2.05, 4.69) is 4.98 Å². The van der Waals surface area contributed by atoms with E-state index in [1.807, 2.05) is 0 Å². The molecule has 1 aromatic heterocycles. The molecule has 7 nitrogen and oxygen atoms in total. The number of pyridine rings is 1. The Morgan fingerprint density at radius 2 is 2.17 bits per heavy atom. The van der Waals surface area contributed by atoms with Crippen LogP contribution < -0.4 is 4.74 Å². The van der Waals surface area contributed by atoms with E-state index < -0.39 is 12.0 Å². The van der Waals surface area contributed by atoms with Crippen molar-refractivity contribution in [3.05, 3.63) is 23.5 Å². The van der Waals surface area contributed by atoms with Gasteiger partial charge in [-0.25, -0.2) is 14.7 Å². The molecule has 0 unspecified atom stereocenters. The normalized spacial score (nSPS) is 9.94. The molecule has 0 bridgehead atoms. The highest BCUT2D eigenvalue weighted by Gasteiger charge is 2.23. The molecule has 0 aliphatic rings. The van der Waals surface area contributed by atoms with Crippen LogP contribution in [0.25, 0.3) is 0 Å². The van der Waals surface area contributed by atoms with Crippen LogP contribution in [0.5, 0.6) is 5.75 Å². The first-order valence-electron chi connectivity index (χ1n) is 5.24. The third kappa shape index (κ3) is 2.95. The lowest BCUT2D eigenvalue weighted by Gasteiger charge is -2.14. The van der Waals surface area contributed by atoms with Crippen molar-refractivity contribution < 1.29 is 24.5 Å². The average Bonchev–Trinajstić information content (AvgIpc) is 2.37. The van der Waals surface area contributed by atoms with Crippen molar-refractivity contribution in [2.45, 2.75) is 13.5 Å². The fourth-order valence-corrected chi connectivity index (χ4v) is 1.24. The maximum Gasteiger partial charge on any atom is 0.414 e. The summed E-state index contributed by atoms with van der Waals surface area (Å²) in [6.45, 7) is 1.78. The number of amides is 2. The van der Waals surface area contributed by atoms with Crippen molar-refractivity contribution in [3.8, 4) is 5.75 Å². The van der Waals surface area contributed by atoms with Crippen molar-refractivity contribution in [1.29, 1.82) is 0 Å². The van der Waals surface area contributed by atoms with E-state index in [4.69, 9.17) is 14.9 Å². The van der Waals surface area contributed by atoms with Gasteiger partial charge in [0.1, 0.15) is 0 Å². The number of carbonyl (C=O) groups is 2. The molecule has 18 heavy (non-hydrogen) atoms. The number of hydrogen-bond donors (Lipinski definition) is 2. The summed E-state index contributed by atoms with van der Waals surface area (Å²) in [7, 11) is 1.13. The minimum Gasteiger partial charge on any atom is -0.491 e. The second-order valence-corrected chi connectivity index (χ2v) is 3.43. The SMILES string of the molecule is CCOc1cc(CO)cnc1C(=O)N(C)C(=O)O. The summed E-state index contributed by atoms with van der Waals surface area (Å²) < 4.78 is 5.22. The molecule has 2 N–H and O–H groups in total. The van der Waals surface area contributed by atoms with E-state index >= 15 is 0 Å². The largest absolute Gasteiger partial charge is 0.491 e. The molecule has 1 aromatic rings. The number of rotatable bonds is 4. The Balaban J connectivity index is 3.14. The predicted molar refractivity (Wildman–Crippen MR) is 61.4 cm³/mol. The minimum atomic E-state index is -1.38. The lowest BCUT2D eigenvalue weighted by atomic mass is 10.2. The zero-order valence-corrected chi connectivity index (χ0v) is 10.1. The van der Waals surface area contributed by atoms with E-state index in [0.29, 0.717) is 17.1 Å². The second kappa shape index (κ2) is 5.97. The molecule has 0 fully saturated rings. The first-order chi connectivity index (χ1) is 8.51. The maximum atomic E-state index is 11.8. The zero-order chi connectivity index (χ0) is 13.7. The molecule has 0 radical (unpaired) electrons. The maximum absolute atomic E-state index is 11.8. The van der Waals surface area contributed by atoms with E-state index in [1.54, 1.807) is 6.92 Å². The second-order valence-electron chi connectivity index (χ2n) is 3.43. The first-order valence-corrected chi connectivity index (χ1v) is 5.24. The van der Waals surface area contributed by atoms with Crippen molar-refractivity contribution in [1.82, 2.24) is 9.88 Å². The molecule has 0 atom stereocenters. The third-order valence-corrected chi connectivity index (χ3v) is 2.19. The summed E-state index contributed by atoms with van der Waals surface area (Å²) in [5.74, 6) is -0.627. The monoisotopic (exact) mass is 254 g/mol. The lowest BCUT2D eigenvalue weighted by molar-refractivity contribution is 0.0772. The van der Waals surface area contributed by atoms with Crippen LogP contribution in [0.1, 0.15) is 23.0 Å². The van der Waals surface area contributed by atoms with Gasteiger partial charge in [-0.05, 0) is 18.6 Å². The van der Waals surface area contributed by atoms with Crippen LogP contribution in [0.4, 0.5) is 4.79 Å². The van der Waals surface area contributed by atoms with Gasteiger partial charge in [-0.15, -0.1) is 0 Å². The summed E-state index contributed by atoms with van der Waals surface area (Å²) in [6.07, 6.45) is -0.0821. The summed E-state index contributed by atoms with van der Waals surface area (Å²) in [5, 5.41) is 17.7. The van der Waals surface area contributed by atoms with E-state index in [1.165, 1.54) is 12.3 Å². The van der Waals surface area contributed by atoms with Crippen LogP contribution in [-0.4, -0.2) is 45.8 Å². The van der Waals surface area contributed by atoms with Crippen LogP contribution >= 0.6 is 0 Å². The van der Waals surface area contributed by atoms with E-state index in [-0.39, 0.29) is 18.1 Å². The average molecular weight is 254 g/mol. The van der Waals surface area contributed by atoms with Crippen LogP contribution in [0.2, 0.25) is 0 Å². The molecule has 1 rings (SSSR count). The van der Waals surface area contributed by atoms with Crippen molar-refractivity contribution in [2.75, 3.05) is 13.7 Å². The number of aliphatic hydroxyl groups is 1. The number of hydrogen-bond acceptors (Lipinski definition) is 5. The topological polar surface area (TPSA) is 100.0 Å². The highest BCUT2D eigenvalue weighted by molar-refractivity contribution is 6.02. The summed E-state index contributed by atoms with van der Waals surface area (Å²) in [5.41, 5.74) is 0.381. The standard InChI is InChI=1S/C11H14N2O5/c1-3-18-8-4-7(6-14)5-12-9(8)10(15)13(2)11(16)17/h4-5,14H,3,6H2,1-2H3,(H,16,17). The quantitative estimate of drug-likeness (QED) is 0.821. The summed E-state index contributed by atoms with van der Waals surface area (Å²) >= 11 is 0. The summed E-state index contributed by atoms with van der Waals surface area (Å²) in [4.78, 5) is 26.9. The van der Waals surface area contributed by atoms with Crippen LogP contribution in [-0.2, 0) is 6.61 Å². The first kappa shape index (κ1) is 13.9. The molecular formula is C11H14N2O5. The van der Waals surface area contributed by atoms with Crippen LogP contribution in [0.15, 0.2) is 12.3 Å². The molecule has 0 aromatic carbocycles. The van der Waals surface area contributed by atoms with Crippen LogP contribution in [0.3, 0.4) is 0 Å². The smallest absolute Gasteiger partial charge is 0.414 e. The number of aromatic nitrogens is 1. The number of imide groups is 1. The number of nitrogens with zero attached hydrogens (tertiary/aromatic N) is 2. The van der Waals surface area contributed by atoms with Gasteiger partial charge in [0.2, 0.25) is 0 Å². The van der Waals surface area contributed by atoms with Gasteiger partial charge < -0.3 is 14.9 Å². The van der Waals surface area contributed by atoms with E-state index in [9.17, 15) is 9.59 Å². The van der Waals surface area contributed by atoms with Crippen molar-refractivity contribution in [3.63, 3.8) is 0 Å². The minimum absolute atomic E-state index is 0.0982. The fourth-order valence-electron chi connectivity index (χ4n) is 1.24. The van der Waals surface area contributed by atoms with Crippen LogP contribution in [0, 0.1) is 0 Å². The molecule has 0 saturated carbocycles. The Labute approximate surface area is 104 Å². The molecule has 0 aliphatic carbocycles. The Hall–Kier alpha value is -2.15. The Bertz CT molecular complexity index is 461. The van der Waals surface area contributed by atoms with Gasteiger partial charge in [0.25, 0.3) is 5.91 Å². The van der Waals surface area contributed by atoms with E-state index in [0.717, 1.165) is 7.05 Å². The Kier molecular flexibility index (Phi) is 4.61. The number of carbonyl (C=O) groups excluding carboxylic acids is 1. The van der Waals surface area contributed by atoms with Gasteiger partial charge in [-0.1, -0.05) is 0 Å². The number of carboxylic acid groups (broad SMARTS) is 1. The molecule has 0 saturated heterocycles. The van der Waals surface area contributed by atoms with Gasteiger partial charge in [-0.2, -0.15) is 0 Å². The highest BCUT2D eigenvalue weighted by Crippen LogP contribution is 2.19. The Morgan fingerprint density at radius 1 is 1.50 bits per heavy atom. The highest BCUT2D eigenvalue weighted by atomic mass is 16.5. The molecule has 0 aliphatic heterocycles. The predicted octanol–water partition coefficient (Wildman–Crippen LogP) is 0.723. The third-order valence-electron chi connectivity index (χ3n) is 2.19. The van der Waals surface area contributed by atoms with Gasteiger partial charge in [-0.3, -0.25) is 4.79 Å². The van der Waals surface area contributed by atoms with Gasteiger partial charge in [0, 0.05) is 13.2 Å². The molecule has 0 spiro atoms. The molecule has 2 amide bonds. The molecular weight excluding hydrogens is 240 g/mol. The lowest BCUT2D eigenvalue weighted by Crippen LogP contribution is -2.32.